The summed E-state index contributed by atoms with van der Waals surface area (Å²) in [5.41, 5.74) is 1.12. The largest absolute Gasteiger partial charge is 0.492 e. The third-order valence-corrected chi connectivity index (χ3v) is 5.90. The number of para-hydroxylation sites is 1. The lowest BCUT2D eigenvalue weighted by Gasteiger charge is -2.26. The Bertz CT molecular complexity index is 655. The molecule has 1 unspecified atom stereocenters. The molecule has 0 saturated carbocycles. The second kappa shape index (κ2) is 14.9. The fraction of sp³-hybridized carbons (Fsp3) is 0.696. The van der Waals surface area contributed by atoms with Gasteiger partial charge in [0.15, 0.2) is 5.96 Å². The monoisotopic (exact) mass is 545 g/mol. The molecule has 2 fully saturated rings. The quantitative estimate of drug-likeness (QED) is 0.268. The van der Waals surface area contributed by atoms with E-state index in [-0.39, 0.29) is 24.0 Å². The molecule has 2 saturated heterocycles. The Hall–Kier alpha value is -1.10. The van der Waals surface area contributed by atoms with Crippen LogP contribution in [-0.4, -0.2) is 87.4 Å². The summed E-state index contributed by atoms with van der Waals surface area (Å²) in [5, 5.41) is 6.92. The van der Waals surface area contributed by atoms with Crippen LogP contribution in [0.25, 0.3) is 0 Å². The van der Waals surface area contributed by atoms with Crippen molar-refractivity contribution >= 4 is 29.9 Å². The van der Waals surface area contributed by atoms with Crippen molar-refractivity contribution in [1.29, 1.82) is 0 Å². The van der Waals surface area contributed by atoms with E-state index in [2.05, 4.69) is 46.4 Å². The maximum absolute atomic E-state index is 6.10. The van der Waals surface area contributed by atoms with E-state index in [0.29, 0.717) is 19.2 Å². The molecular weight excluding hydrogens is 505 g/mol. The van der Waals surface area contributed by atoms with Gasteiger partial charge in [-0.3, -0.25) is 9.80 Å². The maximum atomic E-state index is 6.10. The Kier molecular flexibility index (Phi) is 12.5. The molecule has 7 nitrogen and oxygen atoms in total. The molecule has 0 amide bonds. The number of hydrogen-bond donors (Lipinski definition) is 2. The standard InChI is InChI=1S/C23H39N5O2.HI/c1-3-24-23(26-19-21-9-7-11-28(21)4-2)25-18-20-8-5-6-10-22(20)30-17-14-27-12-15-29-16-13-27;/h5-6,8,10,21H,3-4,7,9,11-19H2,1-2H3,(H2,24,25,26);1H. The summed E-state index contributed by atoms with van der Waals surface area (Å²) in [6, 6.07) is 8.84. The number of guanidine groups is 1. The van der Waals surface area contributed by atoms with E-state index in [9.17, 15) is 0 Å². The molecule has 1 aromatic carbocycles. The van der Waals surface area contributed by atoms with E-state index in [1.54, 1.807) is 0 Å². The van der Waals surface area contributed by atoms with Crippen molar-refractivity contribution in [3.05, 3.63) is 29.8 Å². The van der Waals surface area contributed by atoms with Crippen molar-refractivity contribution in [2.75, 3.05) is 65.6 Å². The molecule has 0 bridgehead atoms. The summed E-state index contributed by atoms with van der Waals surface area (Å²) < 4.78 is 11.5. The van der Waals surface area contributed by atoms with Crippen LogP contribution >= 0.6 is 24.0 Å². The molecular formula is C23H40IN5O2. The van der Waals surface area contributed by atoms with Gasteiger partial charge < -0.3 is 20.1 Å². The normalized spacial score (nSPS) is 20.3. The van der Waals surface area contributed by atoms with Gasteiger partial charge in [-0.15, -0.1) is 24.0 Å². The molecule has 0 aliphatic carbocycles. The number of nitrogens with zero attached hydrogens (tertiary/aromatic N) is 3. The molecule has 1 atom stereocenters. The number of likely N-dealkylation sites (N-methyl/N-ethyl adjacent to an activating group) is 1. The van der Waals surface area contributed by atoms with Gasteiger partial charge in [0.25, 0.3) is 0 Å². The van der Waals surface area contributed by atoms with E-state index in [1.807, 2.05) is 12.1 Å². The Morgan fingerprint density at radius 3 is 2.74 bits per heavy atom. The van der Waals surface area contributed by atoms with E-state index in [1.165, 1.54) is 19.4 Å². The van der Waals surface area contributed by atoms with Crippen molar-refractivity contribution < 1.29 is 9.47 Å². The van der Waals surface area contributed by atoms with Crippen LogP contribution in [0.15, 0.2) is 29.3 Å². The Balaban J connectivity index is 0.00000341. The van der Waals surface area contributed by atoms with Crippen LogP contribution in [0.5, 0.6) is 5.75 Å². The zero-order valence-corrected chi connectivity index (χ0v) is 21.5. The fourth-order valence-corrected chi connectivity index (χ4v) is 4.15. The third-order valence-electron chi connectivity index (χ3n) is 5.90. The maximum Gasteiger partial charge on any atom is 0.191 e. The molecule has 2 N–H and O–H groups in total. The first kappa shape index (κ1) is 26.2. The SMILES string of the molecule is CCNC(=NCc1ccccc1OCCN1CCOCC1)NCC1CCCN1CC.I. The van der Waals surface area contributed by atoms with Crippen LogP contribution in [-0.2, 0) is 11.3 Å². The number of ether oxygens (including phenoxy) is 2. The second-order valence-electron chi connectivity index (χ2n) is 7.91. The van der Waals surface area contributed by atoms with Crippen molar-refractivity contribution in [3.8, 4) is 5.75 Å². The molecule has 8 heteroatoms. The van der Waals surface area contributed by atoms with Gasteiger partial charge in [-0.25, -0.2) is 4.99 Å². The molecule has 2 heterocycles. The van der Waals surface area contributed by atoms with E-state index >= 15 is 0 Å². The highest BCUT2D eigenvalue weighted by Crippen LogP contribution is 2.19. The summed E-state index contributed by atoms with van der Waals surface area (Å²) in [6.07, 6.45) is 2.56. The number of halogens is 1. The number of hydrogen-bond acceptors (Lipinski definition) is 5. The predicted octanol–water partition coefficient (Wildman–Crippen LogP) is 2.56. The van der Waals surface area contributed by atoms with Crippen LogP contribution in [0.1, 0.15) is 32.3 Å². The lowest BCUT2D eigenvalue weighted by molar-refractivity contribution is 0.0322. The minimum Gasteiger partial charge on any atom is -0.492 e. The second-order valence-corrected chi connectivity index (χ2v) is 7.91. The van der Waals surface area contributed by atoms with Crippen LogP contribution < -0.4 is 15.4 Å². The van der Waals surface area contributed by atoms with Crippen LogP contribution in [0.2, 0.25) is 0 Å². The first-order valence-electron chi connectivity index (χ1n) is 11.6. The third kappa shape index (κ3) is 8.75. The molecule has 1 aromatic rings. The van der Waals surface area contributed by atoms with Gasteiger partial charge in [0, 0.05) is 44.3 Å². The van der Waals surface area contributed by atoms with Crippen molar-refractivity contribution in [2.45, 2.75) is 39.3 Å². The molecule has 2 aliphatic rings. The molecule has 2 aliphatic heterocycles. The lowest BCUT2D eigenvalue weighted by Crippen LogP contribution is -2.44. The minimum atomic E-state index is 0. The van der Waals surface area contributed by atoms with Gasteiger partial charge in [-0.2, -0.15) is 0 Å². The van der Waals surface area contributed by atoms with Gasteiger partial charge >= 0.3 is 0 Å². The summed E-state index contributed by atoms with van der Waals surface area (Å²) in [6.45, 7) is 14.3. The molecule has 176 valence electrons. The van der Waals surface area contributed by atoms with Gasteiger partial charge in [0.05, 0.1) is 19.8 Å². The first-order valence-corrected chi connectivity index (χ1v) is 11.6. The summed E-state index contributed by atoms with van der Waals surface area (Å²) in [4.78, 5) is 9.76. The average Bonchev–Trinajstić information content (AvgIpc) is 3.25. The zero-order valence-electron chi connectivity index (χ0n) is 19.1. The number of aliphatic imine (C=N–C) groups is 1. The molecule has 3 rings (SSSR count). The molecule has 0 aromatic heterocycles. The van der Waals surface area contributed by atoms with Crippen molar-refractivity contribution in [3.63, 3.8) is 0 Å². The highest BCUT2D eigenvalue weighted by molar-refractivity contribution is 14.0. The van der Waals surface area contributed by atoms with Crippen LogP contribution in [0.4, 0.5) is 0 Å². The smallest absolute Gasteiger partial charge is 0.191 e. The molecule has 0 spiro atoms. The summed E-state index contributed by atoms with van der Waals surface area (Å²) in [5.74, 6) is 1.81. The van der Waals surface area contributed by atoms with Gasteiger partial charge in [0.1, 0.15) is 12.4 Å². The van der Waals surface area contributed by atoms with Crippen molar-refractivity contribution in [2.24, 2.45) is 4.99 Å². The Labute approximate surface area is 205 Å². The first-order chi connectivity index (χ1) is 14.8. The highest BCUT2D eigenvalue weighted by atomic mass is 127. The molecule has 0 radical (unpaired) electrons. The number of likely N-dealkylation sites (tertiary alicyclic amines) is 1. The molecule has 31 heavy (non-hydrogen) atoms. The topological polar surface area (TPSA) is 61.4 Å². The summed E-state index contributed by atoms with van der Waals surface area (Å²) in [7, 11) is 0. The van der Waals surface area contributed by atoms with E-state index < -0.39 is 0 Å². The lowest BCUT2D eigenvalue weighted by atomic mass is 10.2. The number of rotatable bonds is 10. The van der Waals surface area contributed by atoms with Gasteiger partial charge in [-0.05, 0) is 38.9 Å². The minimum absolute atomic E-state index is 0. The Morgan fingerprint density at radius 2 is 1.97 bits per heavy atom. The Morgan fingerprint density at radius 1 is 1.16 bits per heavy atom. The number of benzene rings is 1. The predicted molar refractivity (Wildman–Crippen MR) is 138 cm³/mol. The zero-order chi connectivity index (χ0) is 21.0. The highest BCUT2D eigenvalue weighted by Gasteiger charge is 2.22. The van der Waals surface area contributed by atoms with Crippen LogP contribution in [0, 0.1) is 0 Å². The van der Waals surface area contributed by atoms with Gasteiger partial charge in [0.2, 0.25) is 0 Å². The van der Waals surface area contributed by atoms with E-state index in [4.69, 9.17) is 14.5 Å². The number of nitrogens with one attached hydrogen (secondary N) is 2. The van der Waals surface area contributed by atoms with Gasteiger partial charge in [-0.1, -0.05) is 25.1 Å². The van der Waals surface area contributed by atoms with E-state index in [0.717, 1.165) is 69.8 Å². The average molecular weight is 546 g/mol. The number of morpholine rings is 1. The fourth-order valence-electron chi connectivity index (χ4n) is 4.15. The summed E-state index contributed by atoms with van der Waals surface area (Å²) >= 11 is 0. The van der Waals surface area contributed by atoms with Crippen LogP contribution in [0.3, 0.4) is 0 Å². The van der Waals surface area contributed by atoms with Crippen molar-refractivity contribution in [1.82, 2.24) is 20.4 Å².